The zero-order chi connectivity index (χ0) is 25.0. The Labute approximate surface area is 265 Å². The number of carboxylic acids is 1. The summed E-state index contributed by atoms with van der Waals surface area (Å²) in [7, 11) is 0. The predicted octanol–water partition coefficient (Wildman–Crippen LogP) is 11.4. The van der Waals surface area contributed by atoms with Crippen LogP contribution in [0.2, 0.25) is 0 Å². The van der Waals surface area contributed by atoms with E-state index in [0.29, 0.717) is 12.3 Å². The Balaban J connectivity index is -0.000000175. The molecule has 4 atom stereocenters. The summed E-state index contributed by atoms with van der Waals surface area (Å²) in [6.45, 7) is 6.17. The maximum atomic E-state index is 12.4. The Morgan fingerprint density at radius 2 is 1.38 bits per heavy atom. The van der Waals surface area contributed by atoms with Crippen LogP contribution in [0.25, 0.3) is 0 Å². The van der Waals surface area contributed by atoms with Gasteiger partial charge >= 0.3 is 11.9 Å². The number of aliphatic carboxylic acids is 1. The number of hydrogen-bond acceptors (Lipinski definition) is 4. The van der Waals surface area contributed by atoms with Gasteiger partial charge in [-0.05, 0) is 48.1 Å². The van der Waals surface area contributed by atoms with Crippen molar-refractivity contribution in [3.05, 3.63) is 71.8 Å². The van der Waals surface area contributed by atoms with Gasteiger partial charge in [-0.15, -0.1) is 0 Å². The van der Waals surface area contributed by atoms with Gasteiger partial charge in [0.25, 0.3) is 0 Å². The molecule has 0 aliphatic heterocycles. The predicted molar refractivity (Wildman–Crippen MR) is 191 cm³/mol. The number of hydrogen-bond donors (Lipinski definition) is 1. The van der Waals surface area contributed by atoms with Gasteiger partial charge in [0.1, 0.15) is 19.3 Å². The largest absolute Gasteiger partial charge is 0.481 e. The molecule has 5 heteroatoms. The minimum Gasteiger partial charge on any atom is -0.481 e. The van der Waals surface area contributed by atoms with E-state index in [1.54, 1.807) is 6.92 Å². The van der Waals surface area contributed by atoms with Gasteiger partial charge in [-0.25, -0.2) is 0 Å². The zero-order valence-electron chi connectivity index (χ0n) is 20.4. The number of carbonyl (C=O) groups is 2. The van der Waals surface area contributed by atoms with E-state index in [4.69, 9.17) is 15.9 Å². The van der Waals surface area contributed by atoms with Gasteiger partial charge in [0.15, 0.2) is 0 Å². The summed E-state index contributed by atoms with van der Waals surface area (Å²) in [6.07, 6.45) is 9.42. The molecule has 250 valence electrons. The summed E-state index contributed by atoms with van der Waals surface area (Å²) in [5.41, 5.74) is 1.98. The Hall–Kier alpha value is -3.26. The van der Waals surface area contributed by atoms with Gasteiger partial charge in [0.2, 0.25) is 0 Å². The molecular weight excluding hydrogens is 524 g/mol. The lowest BCUT2D eigenvalue weighted by atomic mass is 9.67. The Bertz CT molecular complexity index is 947. The third-order valence-corrected chi connectivity index (χ3v) is 6.53. The number of carboxylic acid groups (broad SMARTS) is 1. The van der Waals surface area contributed by atoms with Gasteiger partial charge in [-0.2, -0.15) is 0 Å². The highest BCUT2D eigenvalue weighted by atomic mass is 16.6. The molecule has 2 rings (SSSR count). The molecule has 0 aromatic heterocycles. The highest BCUT2D eigenvalue weighted by molar-refractivity contribution is 5.75. The van der Waals surface area contributed by atoms with E-state index in [9.17, 15) is 14.7 Å². The Kier molecular flexibility index (Phi) is 36.4. The molecule has 0 fully saturated rings. The summed E-state index contributed by atoms with van der Waals surface area (Å²) >= 11 is 0. The van der Waals surface area contributed by atoms with Crippen molar-refractivity contribution in [3.8, 4) is 12.5 Å². The normalized spacial score (nSPS) is 12.3. The molecule has 5 nitrogen and oxygen atoms in total. The van der Waals surface area contributed by atoms with Crippen LogP contribution in [0, 0.1) is 24.4 Å². The van der Waals surface area contributed by atoms with Crippen molar-refractivity contribution in [2.75, 3.05) is 13.2 Å². The minimum atomic E-state index is -0.898. The average molecular weight is 597 g/mol. The first-order valence-corrected chi connectivity index (χ1v) is 11.9. The van der Waals surface area contributed by atoms with Gasteiger partial charge < -0.3 is 14.6 Å². The van der Waals surface area contributed by atoms with Gasteiger partial charge in [-0.1, -0.05) is 147 Å². The van der Waals surface area contributed by atoms with Crippen LogP contribution < -0.4 is 0 Å². The summed E-state index contributed by atoms with van der Waals surface area (Å²) in [5, 5.41) is 10.1. The first-order chi connectivity index (χ1) is 16.3. The second kappa shape index (κ2) is 27.9. The number of terminal acetylenes is 1. The number of ether oxygens (including phenoxy) is 2. The molecule has 0 amide bonds. The van der Waals surface area contributed by atoms with E-state index in [1.165, 1.54) is 5.56 Å². The average Bonchev–Trinajstić information content (AvgIpc) is 2.85. The lowest BCUT2D eigenvalue weighted by Crippen LogP contribution is -2.33. The highest BCUT2D eigenvalue weighted by Crippen LogP contribution is 2.42. The first kappa shape index (κ1) is 54.8. The quantitative estimate of drug-likeness (QED) is 0.133. The smallest absolute Gasteiger partial charge is 0.308 e. The number of carbonyl (C=O) groups excluding carboxylic acids is 1. The van der Waals surface area contributed by atoms with Crippen LogP contribution in [-0.2, 0) is 24.5 Å². The summed E-state index contributed by atoms with van der Waals surface area (Å²) in [4.78, 5) is 24.7. The monoisotopic (exact) mass is 597 g/mol. The van der Waals surface area contributed by atoms with E-state index in [0.717, 1.165) is 18.4 Å². The fraction of sp³-hybridized carbons (Fsp3) is 0.568. The standard InChI is InChI=1S/C29H36O5.8CH4.2H2/c1-5-23(24-13-9-7-10-14-24)20-29(4,26-15-11-8-12-16-26)21-25(27(30)31)19-22(3)28(32)34-18-17-33-6-2;;;;;;;;;;/h2,7-16,22-23,25H,5,17-21H2,1,3-4H3,(H,30,31);8*1H4;2*1H. The molecule has 1 N–H and O–H groups in total. The van der Waals surface area contributed by atoms with Crippen LogP contribution in [0.15, 0.2) is 60.7 Å². The number of rotatable bonds is 14. The summed E-state index contributed by atoms with van der Waals surface area (Å²) in [5.74, 6) is -2.29. The molecule has 0 saturated carbocycles. The highest BCUT2D eigenvalue weighted by Gasteiger charge is 2.36. The van der Waals surface area contributed by atoms with E-state index >= 15 is 0 Å². The molecule has 4 unspecified atom stereocenters. The van der Waals surface area contributed by atoms with Gasteiger partial charge in [0.05, 0.1) is 11.8 Å². The zero-order valence-corrected chi connectivity index (χ0v) is 20.4. The van der Waals surface area contributed by atoms with Gasteiger partial charge in [-0.3, -0.25) is 9.59 Å². The second-order valence-corrected chi connectivity index (χ2v) is 9.16. The molecule has 0 aliphatic rings. The van der Waals surface area contributed by atoms with Crippen LogP contribution >= 0.6 is 0 Å². The van der Waals surface area contributed by atoms with Crippen molar-refractivity contribution in [2.45, 2.75) is 117 Å². The lowest BCUT2D eigenvalue weighted by Gasteiger charge is -2.36. The molecule has 0 saturated heterocycles. The van der Waals surface area contributed by atoms with Crippen molar-refractivity contribution in [3.63, 3.8) is 0 Å². The lowest BCUT2D eigenvalue weighted by molar-refractivity contribution is -0.151. The maximum Gasteiger partial charge on any atom is 0.308 e. The summed E-state index contributed by atoms with van der Waals surface area (Å²) in [6, 6.07) is 20.4. The molecule has 0 heterocycles. The van der Waals surface area contributed by atoms with Crippen molar-refractivity contribution < 1.29 is 27.0 Å². The van der Waals surface area contributed by atoms with Crippen LogP contribution in [0.5, 0.6) is 0 Å². The molecule has 42 heavy (non-hydrogen) atoms. The van der Waals surface area contributed by atoms with Crippen molar-refractivity contribution >= 4 is 11.9 Å². The van der Waals surface area contributed by atoms with E-state index < -0.39 is 23.8 Å². The van der Waals surface area contributed by atoms with Crippen molar-refractivity contribution in [2.24, 2.45) is 11.8 Å². The minimum absolute atomic E-state index is 0. The molecule has 0 bridgehead atoms. The van der Waals surface area contributed by atoms with Crippen LogP contribution in [0.3, 0.4) is 0 Å². The Morgan fingerprint density at radius 3 is 1.83 bits per heavy atom. The number of benzene rings is 2. The van der Waals surface area contributed by atoms with Crippen molar-refractivity contribution in [1.82, 2.24) is 0 Å². The SMILES string of the molecule is C.C.C.C.C.C.C.C.C#COCCOC(=O)C(C)CC(CC(C)(CC(CC)c1ccccc1)c1ccccc1)C(=O)O.[HH].[HH]. The van der Waals surface area contributed by atoms with E-state index in [-0.39, 0.29) is 87.3 Å². The molecular formula is C37H72O5. The topological polar surface area (TPSA) is 72.8 Å². The fourth-order valence-electron chi connectivity index (χ4n) is 4.65. The maximum absolute atomic E-state index is 12.4. The number of esters is 1. The first-order valence-electron chi connectivity index (χ1n) is 11.9. The van der Waals surface area contributed by atoms with Gasteiger partial charge in [0, 0.05) is 2.85 Å². The third kappa shape index (κ3) is 16.9. The fourth-order valence-corrected chi connectivity index (χ4v) is 4.65. The molecule has 0 aliphatic carbocycles. The van der Waals surface area contributed by atoms with E-state index in [2.05, 4.69) is 38.1 Å². The molecule has 0 radical (unpaired) electrons. The van der Waals surface area contributed by atoms with Crippen LogP contribution in [-0.4, -0.2) is 30.3 Å². The summed E-state index contributed by atoms with van der Waals surface area (Å²) < 4.78 is 9.93. The third-order valence-electron chi connectivity index (χ3n) is 6.53. The molecule has 0 spiro atoms. The molecule has 2 aromatic carbocycles. The van der Waals surface area contributed by atoms with Crippen LogP contribution in [0.1, 0.15) is 126 Å². The Morgan fingerprint density at radius 1 is 0.881 bits per heavy atom. The van der Waals surface area contributed by atoms with E-state index in [1.807, 2.05) is 42.5 Å². The second-order valence-electron chi connectivity index (χ2n) is 9.16. The van der Waals surface area contributed by atoms with Crippen molar-refractivity contribution in [1.29, 1.82) is 0 Å². The van der Waals surface area contributed by atoms with Crippen LogP contribution in [0.4, 0.5) is 0 Å². The molecule has 2 aromatic rings.